The summed E-state index contributed by atoms with van der Waals surface area (Å²) in [6.07, 6.45) is 0. The molecule has 0 fully saturated rings. The predicted molar refractivity (Wildman–Crippen MR) is 60.9 cm³/mol. The summed E-state index contributed by atoms with van der Waals surface area (Å²) < 4.78 is 0. The maximum atomic E-state index is 11.8. The van der Waals surface area contributed by atoms with E-state index in [9.17, 15) is 9.90 Å². The Morgan fingerprint density at radius 3 is 2.50 bits per heavy atom. The zero-order valence-corrected chi connectivity index (χ0v) is 9.56. The third-order valence-corrected chi connectivity index (χ3v) is 2.21. The second-order valence-electron chi connectivity index (χ2n) is 4.05. The summed E-state index contributed by atoms with van der Waals surface area (Å²) in [4.78, 5) is 13.1. The van der Waals surface area contributed by atoms with E-state index in [1.54, 1.807) is 24.3 Å². The van der Waals surface area contributed by atoms with Gasteiger partial charge in [-0.15, -0.1) is 0 Å². The van der Waals surface area contributed by atoms with Crippen molar-refractivity contribution in [2.75, 3.05) is 11.9 Å². The van der Waals surface area contributed by atoms with Gasteiger partial charge in [-0.1, -0.05) is 12.1 Å². The first-order valence-corrected chi connectivity index (χ1v) is 4.87. The van der Waals surface area contributed by atoms with E-state index in [1.165, 1.54) is 25.8 Å². The molecule has 0 aliphatic heterocycles. The number of amides is 1. The van der Waals surface area contributed by atoms with E-state index >= 15 is 0 Å². The molecule has 0 spiro atoms. The number of para-hydroxylation sites is 1. The molecule has 0 atom stereocenters. The van der Waals surface area contributed by atoms with Gasteiger partial charge in [-0.2, -0.15) is 5.26 Å². The molecule has 1 rings (SSSR count). The lowest BCUT2D eigenvalue weighted by Crippen LogP contribution is -2.43. The van der Waals surface area contributed by atoms with Crippen LogP contribution in [0, 0.1) is 11.3 Å². The van der Waals surface area contributed by atoms with Gasteiger partial charge >= 0.3 is 0 Å². The minimum atomic E-state index is -1.45. The van der Waals surface area contributed by atoms with E-state index in [1.807, 2.05) is 6.07 Å². The van der Waals surface area contributed by atoms with E-state index in [4.69, 9.17) is 5.26 Å². The fourth-order valence-electron chi connectivity index (χ4n) is 1.38. The number of aliphatic hydroxyl groups is 1. The number of carbonyl (C=O) groups is 1. The van der Waals surface area contributed by atoms with Crippen molar-refractivity contribution in [2.45, 2.75) is 19.4 Å². The van der Waals surface area contributed by atoms with E-state index in [-0.39, 0.29) is 0 Å². The van der Waals surface area contributed by atoms with Gasteiger partial charge in [-0.3, -0.25) is 4.79 Å². The van der Waals surface area contributed by atoms with Crippen LogP contribution in [0.4, 0.5) is 5.69 Å². The molecule has 0 radical (unpaired) electrons. The number of nitrogens with zero attached hydrogens (tertiary/aromatic N) is 2. The van der Waals surface area contributed by atoms with Gasteiger partial charge in [0, 0.05) is 7.05 Å². The largest absolute Gasteiger partial charge is 0.381 e. The van der Waals surface area contributed by atoms with Crippen molar-refractivity contribution in [1.29, 1.82) is 5.26 Å². The molecule has 0 heterocycles. The van der Waals surface area contributed by atoms with E-state index in [0.717, 1.165) is 0 Å². The highest BCUT2D eigenvalue weighted by Crippen LogP contribution is 2.20. The molecular weight excluding hydrogens is 204 g/mol. The molecule has 4 heteroatoms. The van der Waals surface area contributed by atoms with Crippen molar-refractivity contribution in [3.8, 4) is 6.07 Å². The molecule has 0 unspecified atom stereocenters. The SMILES string of the molecule is CN(C(=O)C(C)(C)O)c1ccccc1C#N. The topological polar surface area (TPSA) is 64.3 Å². The summed E-state index contributed by atoms with van der Waals surface area (Å²) in [6.45, 7) is 2.83. The molecule has 0 saturated carbocycles. The van der Waals surface area contributed by atoms with Crippen molar-refractivity contribution in [3.63, 3.8) is 0 Å². The molecule has 0 aliphatic rings. The molecule has 4 nitrogen and oxygen atoms in total. The Bertz CT molecular complexity index is 441. The second-order valence-corrected chi connectivity index (χ2v) is 4.05. The Kier molecular flexibility index (Phi) is 3.31. The molecule has 0 bridgehead atoms. The van der Waals surface area contributed by atoms with Crippen LogP contribution in [-0.4, -0.2) is 23.7 Å². The van der Waals surface area contributed by atoms with Crippen LogP contribution in [0.25, 0.3) is 0 Å². The van der Waals surface area contributed by atoms with Gasteiger partial charge in [0.05, 0.1) is 11.3 Å². The fraction of sp³-hybridized carbons (Fsp3) is 0.333. The van der Waals surface area contributed by atoms with Crippen LogP contribution in [-0.2, 0) is 4.79 Å². The zero-order chi connectivity index (χ0) is 12.3. The highest BCUT2D eigenvalue weighted by Gasteiger charge is 2.28. The smallest absolute Gasteiger partial charge is 0.258 e. The van der Waals surface area contributed by atoms with Gasteiger partial charge in [0.25, 0.3) is 5.91 Å². The number of anilines is 1. The first-order valence-electron chi connectivity index (χ1n) is 4.87. The van der Waals surface area contributed by atoms with Crippen molar-refractivity contribution in [2.24, 2.45) is 0 Å². The lowest BCUT2D eigenvalue weighted by molar-refractivity contribution is -0.133. The quantitative estimate of drug-likeness (QED) is 0.813. The Hall–Kier alpha value is -1.86. The van der Waals surface area contributed by atoms with Crippen molar-refractivity contribution in [3.05, 3.63) is 29.8 Å². The van der Waals surface area contributed by atoms with Crippen molar-refractivity contribution in [1.82, 2.24) is 0 Å². The fourth-order valence-corrected chi connectivity index (χ4v) is 1.38. The maximum absolute atomic E-state index is 11.8. The van der Waals surface area contributed by atoms with Gasteiger partial charge in [0.1, 0.15) is 11.7 Å². The molecule has 0 saturated heterocycles. The summed E-state index contributed by atoms with van der Waals surface area (Å²) in [5, 5.41) is 18.5. The minimum absolute atomic E-state index is 0.405. The third kappa shape index (κ3) is 2.38. The number of likely N-dealkylation sites (N-methyl/N-ethyl adjacent to an activating group) is 1. The van der Waals surface area contributed by atoms with Crippen LogP contribution < -0.4 is 4.90 Å². The Balaban J connectivity index is 3.11. The van der Waals surface area contributed by atoms with Crippen LogP contribution >= 0.6 is 0 Å². The summed E-state index contributed by atoms with van der Waals surface area (Å²) in [7, 11) is 1.54. The van der Waals surface area contributed by atoms with Crippen molar-refractivity contribution >= 4 is 11.6 Å². The molecule has 1 aromatic carbocycles. The summed E-state index contributed by atoms with van der Waals surface area (Å²) in [5.74, 6) is -0.449. The lowest BCUT2D eigenvalue weighted by atomic mass is 10.1. The minimum Gasteiger partial charge on any atom is -0.381 e. The number of hydrogen-bond donors (Lipinski definition) is 1. The van der Waals surface area contributed by atoms with Gasteiger partial charge in [0.2, 0.25) is 0 Å². The average molecular weight is 218 g/mol. The lowest BCUT2D eigenvalue weighted by Gasteiger charge is -2.25. The van der Waals surface area contributed by atoms with Gasteiger partial charge < -0.3 is 10.0 Å². The van der Waals surface area contributed by atoms with Crippen LogP contribution in [0.3, 0.4) is 0 Å². The number of nitriles is 1. The number of carbonyl (C=O) groups excluding carboxylic acids is 1. The average Bonchev–Trinajstić information content (AvgIpc) is 2.25. The third-order valence-electron chi connectivity index (χ3n) is 2.21. The number of rotatable bonds is 2. The van der Waals surface area contributed by atoms with Crippen molar-refractivity contribution < 1.29 is 9.90 Å². The summed E-state index contributed by atoms with van der Waals surface area (Å²) in [5.41, 5.74) is -0.545. The Morgan fingerprint density at radius 1 is 1.44 bits per heavy atom. The number of hydrogen-bond acceptors (Lipinski definition) is 3. The van der Waals surface area contributed by atoms with E-state index in [0.29, 0.717) is 11.3 Å². The summed E-state index contributed by atoms with van der Waals surface area (Å²) in [6, 6.07) is 8.77. The van der Waals surface area contributed by atoms with Crippen LogP contribution in [0.5, 0.6) is 0 Å². The highest BCUT2D eigenvalue weighted by atomic mass is 16.3. The van der Waals surface area contributed by atoms with Gasteiger partial charge in [-0.25, -0.2) is 0 Å². The molecule has 84 valence electrons. The first kappa shape index (κ1) is 12.2. The highest BCUT2D eigenvalue weighted by molar-refractivity contribution is 5.99. The summed E-state index contributed by atoms with van der Waals surface area (Å²) >= 11 is 0. The van der Waals surface area contributed by atoms with E-state index in [2.05, 4.69) is 0 Å². The van der Waals surface area contributed by atoms with Crippen LogP contribution in [0.15, 0.2) is 24.3 Å². The standard InChI is InChI=1S/C12H14N2O2/c1-12(2,16)11(15)14(3)10-7-5-4-6-9(10)8-13/h4-7,16H,1-3H3. The monoisotopic (exact) mass is 218 g/mol. The van der Waals surface area contributed by atoms with Gasteiger partial charge in [-0.05, 0) is 26.0 Å². The Labute approximate surface area is 94.7 Å². The van der Waals surface area contributed by atoms with E-state index < -0.39 is 11.5 Å². The van der Waals surface area contributed by atoms with Crippen LogP contribution in [0.2, 0.25) is 0 Å². The molecule has 1 aromatic rings. The Morgan fingerprint density at radius 2 is 2.00 bits per heavy atom. The molecular formula is C12H14N2O2. The first-order chi connectivity index (χ1) is 7.38. The molecule has 16 heavy (non-hydrogen) atoms. The number of benzene rings is 1. The second kappa shape index (κ2) is 4.33. The van der Waals surface area contributed by atoms with Gasteiger partial charge in [0.15, 0.2) is 0 Å². The van der Waals surface area contributed by atoms with Crippen LogP contribution in [0.1, 0.15) is 19.4 Å². The molecule has 1 amide bonds. The maximum Gasteiger partial charge on any atom is 0.258 e. The molecule has 1 N–H and O–H groups in total. The predicted octanol–water partition coefficient (Wildman–Crippen LogP) is 1.29. The normalized spacial score (nSPS) is 10.7. The zero-order valence-electron chi connectivity index (χ0n) is 9.56. The molecule has 0 aromatic heterocycles. The molecule has 0 aliphatic carbocycles.